The van der Waals surface area contributed by atoms with Gasteiger partial charge in [0, 0.05) is 6.04 Å². The third-order valence-electron chi connectivity index (χ3n) is 4.10. The summed E-state index contributed by atoms with van der Waals surface area (Å²) in [5.41, 5.74) is 0.705. The van der Waals surface area contributed by atoms with E-state index in [4.69, 9.17) is 0 Å². The highest BCUT2D eigenvalue weighted by molar-refractivity contribution is 4.96. The van der Waals surface area contributed by atoms with Gasteiger partial charge in [-0.2, -0.15) is 0 Å². The van der Waals surface area contributed by atoms with E-state index in [1.54, 1.807) is 0 Å². The molecule has 1 saturated carbocycles. The van der Waals surface area contributed by atoms with Gasteiger partial charge in [-0.05, 0) is 44.1 Å². The molecule has 1 aliphatic carbocycles. The lowest BCUT2D eigenvalue weighted by atomic mass is 9.76. The zero-order valence-electron chi connectivity index (χ0n) is 8.23. The molecule has 0 radical (unpaired) electrons. The van der Waals surface area contributed by atoms with Crippen molar-refractivity contribution in [1.82, 2.24) is 5.32 Å². The van der Waals surface area contributed by atoms with E-state index in [1.807, 2.05) is 0 Å². The lowest BCUT2D eigenvalue weighted by Crippen LogP contribution is -2.39. The highest BCUT2D eigenvalue weighted by Crippen LogP contribution is 2.45. The fourth-order valence-electron chi connectivity index (χ4n) is 3.23. The first-order valence-electron chi connectivity index (χ1n) is 5.61. The van der Waals surface area contributed by atoms with Crippen molar-refractivity contribution in [2.75, 3.05) is 6.54 Å². The molecule has 0 aromatic rings. The standard InChI is InChI=1S/C11H21N/c1-2-11(7-3-4-8-11)10-6-5-9-12-10/h10,12H,2-9H2,1H3. The summed E-state index contributed by atoms with van der Waals surface area (Å²) in [4.78, 5) is 0. The van der Waals surface area contributed by atoms with E-state index in [9.17, 15) is 0 Å². The van der Waals surface area contributed by atoms with Crippen LogP contribution in [0.5, 0.6) is 0 Å². The van der Waals surface area contributed by atoms with Crippen molar-refractivity contribution in [2.45, 2.75) is 57.9 Å². The van der Waals surface area contributed by atoms with Gasteiger partial charge in [0.05, 0.1) is 0 Å². The van der Waals surface area contributed by atoms with Gasteiger partial charge < -0.3 is 5.32 Å². The molecule has 2 aliphatic rings. The molecule has 1 heterocycles. The molecule has 2 rings (SSSR count). The van der Waals surface area contributed by atoms with E-state index >= 15 is 0 Å². The third kappa shape index (κ3) is 1.28. The Morgan fingerprint density at radius 2 is 2.00 bits per heavy atom. The van der Waals surface area contributed by atoms with Gasteiger partial charge in [-0.1, -0.05) is 19.8 Å². The summed E-state index contributed by atoms with van der Waals surface area (Å²) in [6.45, 7) is 3.65. The minimum Gasteiger partial charge on any atom is -0.313 e. The van der Waals surface area contributed by atoms with E-state index in [0.29, 0.717) is 5.41 Å². The highest BCUT2D eigenvalue weighted by atomic mass is 15.0. The quantitative estimate of drug-likeness (QED) is 0.667. The number of nitrogens with one attached hydrogen (secondary N) is 1. The largest absolute Gasteiger partial charge is 0.313 e. The third-order valence-corrected chi connectivity index (χ3v) is 4.10. The summed E-state index contributed by atoms with van der Waals surface area (Å²) in [5.74, 6) is 0. The van der Waals surface area contributed by atoms with Gasteiger partial charge in [-0.3, -0.25) is 0 Å². The van der Waals surface area contributed by atoms with Gasteiger partial charge in [-0.15, -0.1) is 0 Å². The first-order valence-corrected chi connectivity index (χ1v) is 5.61. The molecule has 0 aromatic carbocycles. The molecule has 1 nitrogen and oxygen atoms in total. The highest BCUT2D eigenvalue weighted by Gasteiger charge is 2.40. The van der Waals surface area contributed by atoms with Crippen LogP contribution in [0.2, 0.25) is 0 Å². The van der Waals surface area contributed by atoms with Crippen LogP contribution in [0.1, 0.15) is 51.9 Å². The fraction of sp³-hybridized carbons (Fsp3) is 1.00. The molecule has 0 amide bonds. The van der Waals surface area contributed by atoms with Crippen molar-refractivity contribution in [2.24, 2.45) is 5.41 Å². The molecule has 1 saturated heterocycles. The van der Waals surface area contributed by atoms with Crippen LogP contribution in [-0.4, -0.2) is 12.6 Å². The molecule has 1 unspecified atom stereocenters. The molecule has 1 heteroatoms. The second-order valence-corrected chi connectivity index (χ2v) is 4.57. The van der Waals surface area contributed by atoms with Gasteiger partial charge in [0.15, 0.2) is 0 Å². The molecule has 1 aliphatic heterocycles. The van der Waals surface area contributed by atoms with E-state index in [-0.39, 0.29) is 0 Å². The smallest absolute Gasteiger partial charge is 0.0124 e. The second-order valence-electron chi connectivity index (χ2n) is 4.57. The average molecular weight is 167 g/mol. The first kappa shape index (κ1) is 8.55. The number of hydrogen-bond acceptors (Lipinski definition) is 1. The van der Waals surface area contributed by atoms with Crippen LogP contribution in [0.3, 0.4) is 0 Å². The maximum Gasteiger partial charge on any atom is 0.0124 e. The van der Waals surface area contributed by atoms with Crippen LogP contribution < -0.4 is 5.32 Å². The lowest BCUT2D eigenvalue weighted by molar-refractivity contribution is 0.202. The summed E-state index contributed by atoms with van der Waals surface area (Å²) in [6.07, 6.45) is 10.2. The fourth-order valence-corrected chi connectivity index (χ4v) is 3.23. The van der Waals surface area contributed by atoms with Crippen LogP contribution >= 0.6 is 0 Å². The van der Waals surface area contributed by atoms with E-state index in [2.05, 4.69) is 12.2 Å². The Hall–Kier alpha value is -0.0400. The Morgan fingerprint density at radius 1 is 1.25 bits per heavy atom. The van der Waals surface area contributed by atoms with Crippen molar-refractivity contribution in [1.29, 1.82) is 0 Å². The van der Waals surface area contributed by atoms with Crippen molar-refractivity contribution < 1.29 is 0 Å². The maximum atomic E-state index is 3.69. The second kappa shape index (κ2) is 3.37. The molecular weight excluding hydrogens is 146 g/mol. The minimum absolute atomic E-state index is 0.705. The van der Waals surface area contributed by atoms with Crippen molar-refractivity contribution in [3.63, 3.8) is 0 Å². The molecular formula is C11H21N. The normalized spacial score (nSPS) is 34.2. The van der Waals surface area contributed by atoms with Crippen LogP contribution in [-0.2, 0) is 0 Å². The monoisotopic (exact) mass is 167 g/mol. The lowest BCUT2D eigenvalue weighted by Gasteiger charge is -2.34. The van der Waals surface area contributed by atoms with Crippen molar-refractivity contribution >= 4 is 0 Å². The summed E-state index contributed by atoms with van der Waals surface area (Å²) in [7, 11) is 0. The van der Waals surface area contributed by atoms with E-state index in [1.165, 1.54) is 51.5 Å². The average Bonchev–Trinajstić information content (AvgIpc) is 2.76. The summed E-state index contributed by atoms with van der Waals surface area (Å²) in [6, 6.07) is 0.866. The first-order chi connectivity index (χ1) is 5.87. The van der Waals surface area contributed by atoms with Crippen LogP contribution in [0.4, 0.5) is 0 Å². The van der Waals surface area contributed by atoms with Gasteiger partial charge in [0.2, 0.25) is 0 Å². The summed E-state index contributed by atoms with van der Waals surface area (Å²) < 4.78 is 0. The van der Waals surface area contributed by atoms with E-state index in [0.717, 1.165) is 6.04 Å². The van der Waals surface area contributed by atoms with Crippen LogP contribution in [0, 0.1) is 5.41 Å². The zero-order valence-corrected chi connectivity index (χ0v) is 8.23. The zero-order chi connectivity index (χ0) is 8.44. The Labute approximate surface area is 75.9 Å². The Kier molecular flexibility index (Phi) is 2.40. The summed E-state index contributed by atoms with van der Waals surface area (Å²) in [5, 5.41) is 3.69. The van der Waals surface area contributed by atoms with Gasteiger partial charge >= 0.3 is 0 Å². The number of hydrogen-bond donors (Lipinski definition) is 1. The van der Waals surface area contributed by atoms with Gasteiger partial charge in [-0.25, -0.2) is 0 Å². The maximum absolute atomic E-state index is 3.69. The Morgan fingerprint density at radius 3 is 2.50 bits per heavy atom. The molecule has 2 fully saturated rings. The molecule has 0 bridgehead atoms. The predicted octanol–water partition coefficient (Wildman–Crippen LogP) is 2.71. The SMILES string of the molecule is CCC1(C2CCCN2)CCCC1. The topological polar surface area (TPSA) is 12.0 Å². The Bertz CT molecular complexity index is 141. The molecule has 0 spiro atoms. The Balaban J connectivity index is 2.04. The molecule has 1 atom stereocenters. The van der Waals surface area contributed by atoms with Gasteiger partial charge in [0.25, 0.3) is 0 Å². The van der Waals surface area contributed by atoms with Gasteiger partial charge in [0.1, 0.15) is 0 Å². The summed E-state index contributed by atoms with van der Waals surface area (Å²) >= 11 is 0. The van der Waals surface area contributed by atoms with Crippen LogP contribution in [0.15, 0.2) is 0 Å². The van der Waals surface area contributed by atoms with E-state index < -0.39 is 0 Å². The van der Waals surface area contributed by atoms with Crippen molar-refractivity contribution in [3.05, 3.63) is 0 Å². The predicted molar refractivity (Wildman–Crippen MR) is 52.2 cm³/mol. The molecule has 1 N–H and O–H groups in total. The molecule has 70 valence electrons. The van der Waals surface area contributed by atoms with Crippen LogP contribution in [0.25, 0.3) is 0 Å². The van der Waals surface area contributed by atoms with Crippen molar-refractivity contribution in [3.8, 4) is 0 Å². The molecule has 12 heavy (non-hydrogen) atoms. The molecule has 0 aromatic heterocycles. The minimum atomic E-state index is 0.705. The number of rotatable bonds is 2.